The molecule has 1 aliphatic rings. The zero-order valence-corrected chi connectivity index (χ0v) is 14.9. The van der Waals surface area contributed by atoms with Crippen LogP contribution >= 0.6 is 0 Å². The Morgan fingerprint density at radius 1 is 1.27 bits per heavy atom. The number of pyridine rings is 1. The molecular weight excluding hydrogens is 343 g/mol. The molecule has 2 aromatic rings. The van der Waals surface area contributed by atoms with E-state index < -0.39 is 11.9 Å². The van der Waals surface area contributed by atoms with E-state index in [1.54, 1.807) is 12.1 Å². The van der Waals surface area contributed by atoms with Gasteiger partial charge in [0.15, 0.2) is 11.5 Å². The molecule has 2 heterocycles. The van der Waals surface area contributed by atoms with Crippen molar-refractivity contribution in [3.8, 4) is 0 Å². The third-order valence-electron chi connectivity index (χ3n) is 4.57. The van der Waals surface area contributed by atoms with Gasteiger partial charge < -0.3 is 0 Å². The number of hydrogen-bond acceptors (Lipinski definition) is 3. The van der Waals surface area contributed by atoms with E-state index in [1.165, 1.54) is 10.9 Å². The topological polar surface area (TPSA) is 47.8 Å². The molecule has 0 aromatic carbocycles. The van der Waals surface area contributed by atoms with Gasteiger partial charge in [0, 0.05) is 29.4 Å². The van der Waals surface area contributed by atoms with Crippen LogP contribution in [0, 0.1) is 5.92 Å². The van der Waals surface area contributed by atoms with E-state index in [2.05, 4.69) is 10.1 Å². The van der Waals surface area contributed by atoms with Crippen molar-refractivity contribution in [2.24, 2.45) is 5.92 Å². The summed E-state index contributed by atoms with van der Waals surface area (Å²) in [7, 11) is 0. The Labute approximate surface area is 150 Å². The first-order valence-corrected chi connectivity index (χ1v) is 8.89. The molecule has 0 radical (unpaired) electrons. The molecule has 0 fully saturated rings. The average Bonchev–Trinajstić information content (AvgIpc) is 2.94. The van der Waals surface area contributed by atoms with Gasteiger partial charge in [0.1, 0.15) is 0 Å². The maximum Gasteiger partial charge on any atom is 0.435 e. The molecule has 2 aromatic heterocycles. The lowest BCUT2D eigenvalue weighted by molar-refractivity contribution is -0.142. The number of nitrogens with zero attached hydrogens (tertiary/aromatic N) is 3. The number of rotatable bonds is 5. The number of ketones is 1. The molecule has 0 aliphatic heterocycles. The fourth-order valence-corrected chi connectivity index (χ4v) is 3.41. The van der Waals surface area contributed by atoms with Gasteiger partial charge in [0.05, 0.1) is 12.2 Å². The van der Waals surface area contributed by atoms with Crippen LogP contribution < -0.4 is 0 Å². The van der Waals surface area contributed by atoms with E-state index >= 15 is 0 Å². The minimum Gasteiger partial charge on any atom is -0.294 e. The lowest BCUT2D eigenvalue weighted by Crippen LogP contribution is -2.12. The number of aromatic nitrogens is 3. The molecule has 0 bridgehead atoms. The van der Waals surface area contributed by atoms with Crippen molar-refractivity contribution >= 4 is 5.78 Å². The van der Waals surface area contributed by atoms with Gasteiger partial charge in [0.2, 0.25) is 0 Å². The summed E-state index contributed by atoms with van der Waals surface area (Å²) in [5.74, 6) is 0.258. The Hall–Kier alpha value is -2.18. The summed E-state index contributed by atoms with van der Waals surface area (Å²) in [4.78, 5) is 16.5. The van der Waals surface area contributed by atoms with Crippen molar-refractivity contribution in [2.45, 2.75) is 58.7 Å². The lowest BCUT2D eigenvalue weighted by Gasteiger charge is -2.14. The van der Waals surface area contributed by atoms with Crippen LogP contribution in [0.1, 0.15) is 66.1 Å². The summed E-state index contributed by atoms with van der Waals surface area (Å²) in [5.41, 5.74) is 1.27. The molecule has 0 unspecified atom stereocenters. The first kappa shape index (κ1) is 18.6. The molecular formula is C19H22F3N3O. The normalized spacial score (nSPS) is 14.5. The maximum absolute atomic E-state index is 13.3. The Kier molecular flexibility index (Phi) is 5.16. The van der Waals surface area contributed by atoms with Crippen LogP contribution in [0.4, 0.5) is 13.2 Å². The van der Waals surface area contributed by atoms with Crippen LogP contribution in [-0.2, 0) is 25.6 Å². The predicted octanol–water partition coefficient (Wildman–Crippen LogP) is 4.45. The molecule has 26 heavy (non-hydrogen) atoms. The van der Waals surface area contributed by atoms with Crippen LogP contribution in [-0.4, -0.2) is 20.5 Å². The largest absolute Gasteiger partial charge is 0.435 e. The quantitative estimate of drug-likeness (QED) is 0.736. The van der Waals surface area contributed by atoms with Crippen molar-refractivity contribution in [1.29, 1.82) is 0 Å². The van der Waals surface area contributed by atoms with E-state index in [4.69, 9.17) is 0 Å². The van der Waals surface area contributed by atoms with Gasteiger partial charge in [-0.25, -0.2) is 0 Å². The molecule has 140 valence electrons. The smallest absolute Gasteiger partial charge is 0.294 e. The van der Waals surface area contributed by atoms with E-state index in [1.807, 2.05) is 13.8 Å². The molecule has 0 saturated heterocycles. The zero-order valence-electron chi connectivity index (χ0n) is 14.9. The number of carbonyl (C=O) groups excluding carboxylic acids is 1. The third kappa shape index (κ3) is 3.97. The zero-order chi connectivity index (χ0) is 18.9. The van der Waals surface area contributed by atoms with Gasteiger partial charge in [-0.15, -0.1) is 0 Å². The van der Waals surface area contributed by atoms with E-state index in [0.717, 1.165) is 12.8 Å². The number of hydrogen-bond donors (Lipinski definition) is 0. The number of Topliss-reactive ketones (excluding diaryl/α,β-unsaturated/α-hetero) is 1. The second-order valence-corrected chi connectivity index (χ2v) is 7.19. The summed E-state index contributed by atoms with van der Waals surface area (Å²) >= 11 is 0. The van der Waals surface area contributed by atoms with Crippen LogP contribution in [0.25, 0.3) is 0 Å². The van der Waals surface area contributed by atoms with Gasteiger partial charge in [-0.1, -0.05) is 13.8 Å². The van der Waals surface area contributed by atoms with Gasteiger partial charge in [-0.2, -0.15) is 18.3 Å². The molecule has 0 spiro atoms. The first-order chi connectivity index (χ1) is 12.3. The third-order valence-corrected chi connectivity index (χ3v) is 4.57. The van der Waals surface area contributed by atoms with Crippen molar-refractivity contribution in [1.82, 2.24) is 14.8 Å². The number of carbonyl (C=O) groups is 1. The molecule has 1 aliphatic carbocycles. The molecule has 0 amide bonds. The first-order valence-electron chi connectivity index (χ1n) is 8.89. The average molecular weight is 365 g/mol. The highest BCUT2D eigenvalue weighted by Gasteiger charge is 2.39. The number of halogens is 3. The van der Waals surface area contributed by atoms with Gasteiger partial charge in [-0.05, 0) is 43.7 Å². The summed E-state index contributed by atoms with van der Waals surface area (Å²) in [5, 5.41) is 3.85. The molecule has 0 N–H and O–H groups in total. The highest BCUT2D eigenvalue weighted by atomic mass is 19.4. The van der Waals surface area contributed by atoms with Crippen LogP contribution in [0.15, 0.2) is 18.3 Å². The molecule has 0 saturated carbocycles. The van der Waals surface area contributed by atoms with Crippen molar-refractivity contribution in [3.63, 3.8) is 0 Å². The standard InChI is InChI=1S/C19H22F3N3O/c1-12(2)9-17(26)13-7-8-23-14(10-13)11-25-16-6-4-3-5-15(16)18(24-25)19(20,21)22/h7-8,10,12H,3-6,9,11H2,1-2H3. The van der Waals surface area contributed by atoms with E-state index in [0.29, 0.717) is 41.8 Å². The Morgan fingerprint density at radius 2 is 2.00 bits per heavy atom. The van der Waals surface area contributed by atoms with E-state index in [9.17, 15) is 18.0 Å². The van der Waals surface area contributed by atoms with E-state index in [-0.39, 0.29) is 18.2 Å². The summed E-state index contributed by atoms with van der Waals surface area (Å²) in [6.07, 6.45) is 0.113. The summed E-state index contributed by atoms with van der Waals surface area (Å²) < 4.78 is 41.3. The summed E-state index contributed by atoms with van der Waals surface area (Å²) in [6.45, 7) is 4.07. The van der Waals surface area contributed by atoms with Crippen LogP contribution in [0.5, 0.6) is 0 Å². The van der Waals surface area contributed by atoms with Gasteiger partial charge >= 0.3 is 6.18 Å². The van der Waals surface area contributed by atoms with Crippen molar-refractivity contribution in [3.05, 3.63) is 46.5 Å². The molecule has 7 heteroatoms. The van der Waals surface area contributed by atoms with Crippen molar-refractivity contribution < 1.29 is 18.0 Å². The monoisotopic (exact) mass is 365 g/mol. The maximum atomic E-state index is 13.3. The fourth-order valence-electron chi connectivity index (χ4n) is 3.41. The van der Waals surface area contributed by atoms with Gasteiger partial charge in [-0.3, -0.25) is 14.5 Å². The lowest BCUT2D eigenvalue weighted by atomic mass is 9.95. The Balaban J connectivity index is 1.90. The van der Waals surface area contributed by atoms with Crippen LogP contribution in [0.2, 0.25) is 0 Å². The minimum atomic E-state index is -4.45. The second kappa shape index (κ2) is 7.21. The molecule has 0 atom stereocenters. The second-order valence-electron chi connectivity index (χ2n) is 7.19. The Bertz CT molecular complexity index is 809. The SMILES string of the molecule is CC(C)CC(=O)c1ccnc(Cn2nc(C(F)(F)F)c3c2CCCC3)c1. The predicted molar refractivity (Wildman–Crippen MR) is 91.0 cm³/mol. The number of alkyl halides is 3. The molecule has 3 rings (SSSR count). The van der Waals surface area contributed by atoms with Crippen LogP contribution in [0.3, 0.4) is 0 Å². The highest BCUT2D eigenvalue weighted by Crippen LogP contribution is 2.36. The number of fused-ring (bicyclic) bond motifs is 1. The van der Waals surface area contributed by atoms with Gasteiger partial charge in [0.25, 0.3) is 0 Å². The minimum absolute atomic E-state index is 0.0159. The Morgan fingerprint density at radius 3 is 2.69 bits per heavy atom. The summed E-state index contributed by atoms with van der Waals surface area (Å²) in [6, 6.07) is 3.31. The fraction of sp³-hybridized carbons (Fsp3) is 0.526. The molecule has 4 nitrogen and oxygen atoms in total. The van der Waals surface area contributed by atoms with Crippen molar-refractivity contribution in [2.75, 3.05) is 0 Å². The highest BCUT2D eigenvalue weighted by molar-refractivity contribution is 5.96.